The summed E-state index contributed by atoms with van der Waals surface area (Å²) in [5.41, 5.74) is 0.478. The van der Waals surface area contributed by atoms with E-state index in [0.717, 1.165) is 25.7 Å². The Morgan fingerprint density at radius 1 is 1.18 bits per heavy atom. The zero-order valence-electron chi connectivity index (χ0n) is 15.8. The summed E-state index contributed by atoms with van der Waals surface area (Å²) in [6, 6.07) is 9.83. The lowest BCUT2D eigenvalue weighted by atomic mass is 10.00. The molecule has 1 atom stereocenters. The van der Waals surface area contributed by atoms with Crippen molar-refractivity contribution in [3.05, 3.63) is 54.0 Å². The predicted octanol–water partition coefficient (Wildman–Crippen LogP) is 3.48. The summed E-state index contributed by atoms with van der Waals surface area (Å²) in [7, 11) is 0. The Morgan fingerprint density at radius 2 is 2.00 bits per heavy atom. The number of piperidine rings is 1. The van der Waals surface area contributed by atoms with Crippen LogP contribution in [0.2, 0.25) is 0 Å². The van der Waals surface area contributed by atoms with Crippen molar-refractivity contribution in [2.24, 2.45) is 0 Å². The minimum absolute atomic E-state index is 0.133. The summed E-state index contributed by atoms with van der Waals surface area (Å²) in [6.07, 6.45) is 5.35. The molecule has 2 amide bonds. The van der Waals surface area contributed by atoms with Gasteiger partial charge in [0.2, 0.25) is 0 Å². The zero-order chi connectivity index (χ0) is 19.9. The largest absolute Gasteiger partial charge is 0.459 e. The number of nitrogens with one attached hydrogen (secondary N) is 1. The van der Waals surface area contributed by atoms with Gasteiger partial charge in [-0.15, -0.1) is 0 Å². The van der Waals surface area contributed by atoms with Crippen LogP contribution in [0, 0.1) is 0 Å². The Labute approximate surface area is 163 Å². The van der Waals surface area contributed by atoms with Gasteiger partial charge in [0, 0.05) is 12.6 Å². The molecule has 1 fully saturated rings. The molecule has 3 rings (SSSR count). The van der Waals surface area contributed by atoms with Crippen LogP contribution in [0.3, 0.4) is 0 Å². The minimum atomic E-state index is -0.659. The highest BCUT2D eigenvalue weighted by atomic mass is 16.5. The monoisotopic (exact) mass is 384 g/mol. The molecule has 0 saturated carbocycles. The fourth-order valence-electron chi connectivity index (χ4n) is 3.40. The number of furan rings is 1. The zero-order valence-corrected chi connectivity index (χ0v) is 15.8. The highest BCUT2D eigenvalue weighted by Crippen LogP contribution is 2.21. The number of nitrogens with zero attached hydrogens (tertiary/aromatic N) is 1. The summed E-state index contributed by atoms with van der Waals surface area (Å²) in [5, 5.41) is 2.63. The first-order valence-corrected chi connectivity index (χ1v) is 9.50. The van der Waals surface area contributed by atoms with E-state index in [-0.39, 0.29) is 29.9 Å². The summed E-state index contributed by atoms with van der Waals surface area (Å²) in [5.74, 6) is -1.18. The molecule has 2 heterocycles. The molecule has 1 aromatic heterocycles. The van der Waals surface area contributed by atoms with Gasteiger partial charge in [0.25, 0.3) is 11.8 Å². The number of hydrogen-bond donors (Lipinski definition) is 1. The van der Waals surface area contributed by atoms with Crippen LogP contribution in [0.5, 0.6) is 0 Å². The van der Waals surface area contributed by atoms with E-state index in [1.807, 2.05) is 0 Å². The highest BCUT2D eigenvalue weighted by molar-refractivity contribution is 6.06. The van der Waals surface area contributed by atoms with Crippen LogP contribution in [-0.4, -0.2) is 41.9 Å². The highest BCUT2D eigenvalue weighted by Gasteiger charge is 2.26. The number of anilines is 1. The maximum atomic E-state index is 12.5. The van der Waals surface area contributed by atoms with Gasteiger partial charge in [-0.1, -0.05) is 19.1 Å². The third kappa shape index (κ3) is 4.60. The van der Waals surface area contributed by atoms with Crippen molar-refractivity contribution in [3.63, 3.8) is 0 Å². The number of benzene rings is 1. The smallest absolute Gasteiger partial charge is 0.340 e. The molecule has 0 unspecified atom stereocenters. The van der Waals surface area contributed by atoms with E-state index >= 15 is 0 Å². The van der Waals surface area contributed by atoms with Crippen molar-refractivity contribution in [2.75, 3.05) is 18.5 Å². The van der Waals surface area contributed by atoms with Crippen molar-refractivity contribution in [1.82, 2.24) is 4.90 Å². The van der Waals surface area contributed by atoms with E-state index in [4.69, 9.17) is 9.15 Å². The fourth-order valence-corrected chi connectivity index (χ4v) is 3.40. The number of carbonyl (C=O) groups is 3. The number of esters is 1. The SMILES string of the molecule is CC[C@H]1CCCCN1C(=O)COC(=O)c1ccccc1NC(=O)c1ccco1. The van der Waals surface area contributed by atoms with Crippen molar-refractivity contribution in [2.45, 2.75) is 38.6 Å². The Bertz CT molecular complexity index is 831. The van der Waals surface area contributed by atoms with Gasteiger partial charge in [-0.3, -0.25) is 9.59 Å². The molecule has 148 valence electrons. The molecule has 1 aliphatic rings. The Kier molecular flexibility index (Phi) is 6.47. The van der Waals surface area contributed by atoms with Gasteiger partial charge in [0.1, 0.15) is 0 Å². The van der Waals surface area contributed by atoms with E-state index in [1.165, 1.54) is 12.3 Å². The van der Waals surface area contributed by atoms with Gasteiger partial charge < -0.3 is 19.4 Å². The van der Waals surface area contributed by atoms with Crippen molar-refractivity contribution >= 4 is 23.5 Å². The lowest BCUT2D eigenvalue weighted by molar-refractivity contribution is -0.138. The normalized spacial score (nSPS) is 16.5. The molecule has 1 aromatic carbocycles. The maximum absolute atomic E-state index is 12.5. The van der Waals surface area contributed by atoms with Gasteiger partial charge in [0.15, 0.2) is 12.4 Å². The molecule has 7 heteroatoms. The second kappa shape index (κ2) is 9.21. The molecule has 28 heavy (non-hydrogen) atoms. The summed E-state index contributed by atoms with van der Waals surface area (Å²) in [4.78, 5) is 39.0. The average molecular weight is 384 g/mol. The Morgan fingerprint density at radius 3 is 2.75 bits per heavy atom. The van der Waals surface area contributed by atoms with E-state index in [0.29, 0.717) is 12.2 Å². The predicted molar refractivity (Wildman–Crippen MR) is 103 cm³/mol. The standard InChI is InChI=1S/C21H24N2O5/c1-2-15-8-5-6-12-23(15)19(24)14-28-21(26)16-9-3-4-10-17(16)22-20(25)18-11-7-13-27-18/h3-4,7,9-11,13,15H,2,5-6,8,12,14H2,1H3,(H,22,25)/t15-/m0/s1. The molecule has 2 aromatic rings. The number of ether oxygens (including phenoxy) is 1. The fraction of sp³-hybridized carbons (Fsp3) is 0.381. The van der Waals surface area contributed by atoms with Crippen LogP contribution < -0.4 is 5.32 Å². The van der Waals surface area contributed by atoms with Crippen molar-refractivity contribution in [1.29, 1.82) is 0 Å². The molecule has 1 saturated heterocycles. The van der Waals surface area contributed by atoms with E-state index < -0.39 is 11.9 Å². The molecular formula is C21H24N2O5. The first kappa shape index (κ1) is 19.7. The van der Waals surface area contributed by atoms with Gasteiger partial charge in [0.05, 0.1) is 17.5 Å². The second-order valence-corrected chi connectivity index (χ2v) is 6.70. The second-order valence-electron chi connectivity index (χ2n) is 6.70. The number of carbonyl (C=O) groups excluding carboxylic acids is 3. The first-order chi connectivity index (χ1) is 13.6. The van der Waals surface area contributed by atoms with Crippen LogP contribution in [0.25, 0.3) is 0 Å². The van der Waals surface area contributed by atoms with Gasteiger partial charge in [-0.05, 0) is 49.9 Å². The molecule has 1 aliphatic heterocycles. The third-order valence-corrected chi connectivity index (χ3v) is 4.89. The van der Waals surface area contributed by atoms with E-state index in [2.05, 4.69) is 12.2 Å². The van der Waals surface area contributed by atoms with Crippen LogP contribution in [0.1, 0.15) is 53.5 Å². The van der Waals surface area contributed by atoms with Crippen LogP contribution in [0.15, 0.2) is 47.1 Å². The quantitative estimate of drug-likeness (QED) is 0.770. The van der Waals surface area contributed by atoms with Crippen LogP contribution in [-0.2, 0) is 9.53 Å². The Balaban J connectivity index is 1.63. The maximum Gasteiger partial charge on any atom is 0.340 e. The molecule has 1 N–H and O–H groups in total. The molecule has 0 bridgehead atoms. The minimum Gasteiger partial charge on any atom is -0.459 e. The van der Waals surface area contributed by atoms with Crippen molar-refractivity contribution < 1.29 is 23.5 Å². The number of likely N-dealkylation sites (tertiary alicyclic amines) is 1. The Hall–Kier alpha value is -3.09. The number of hydrogen-bond acceptors (Lipinski definition) is 5. The third-order valence-electron chi connectivity index (χ3n) is 4.89. The lowest BCUT2D eigenvalue weighted by Gasteiger charge is -2.35. The van der Waals surface area contributed by atoms with Gasteiger partial charge >= 0.3 is 5.97 Å². The van der Waals surface area contributed by atoms with E-state index in [1.54, 1.807) is 35.2 Å². The van der Waals surface area contributed by atoms with Gasteiger partial charge in [-0.2, -0.15) is 0 Å². The summed E-state index contributed by atoms with van der Waals surface area (Å²) in [6.45, 7) is 2.45. The van der Waals surface area contributed by atoms with E-state index in [9.17, 15) is 14.4 Å². The average Bonchev–Trinajstić information content (AvgIpc) is 3.27. The molecule has 0 radical (unpaired) electrons. The molecular weight excluding hydrogens is 360 g/mol. The molecule has 0 aliphatic carbocycles. The van der Waals surface area contributed by atoms with Crippen molar-refractivity contribution in [3.8, 4) is 0 Å². The number of para-hydroxylation sites is 1. The molecule has 0 spiro atoms. The van der Waals surface area contributed by atoms with Crippen LogP contribution >= 0.6 is 0 Å². The van der Waals surface area contributed by atoms with Crippen LogP contribution in [0.4, 0.5) is 5.69 Å². The number of amides is 2. The number of rotatable bonds is 6. The summed E-state index contributed by atoms with van der Waals surface area (Å²) >= 11 is 0. The first-order valence-electron chi connectivity index (χ1n) is 9.50. The summed E-state index contributed by atoms with van der Waals surface area (Å²) < 4.78 is 10.3. The van der Waals surface area contributed by atoms with Gasteiger partial charge in [-0.25, -0.2) is 4.79 Å². The lowest BCUT2D eigenvalue weighted by Crippen LogP contribution is -2.45. The molecule has 7 nitrogen and oxygen atoms in total. The topological polar surface area (TPSA) is 88.9 Å².